The fraction of sp³-hybridized carbons (Fsp3) is 0.143. The molecule has 0 saturated carbocycles. The maximum absolute atomic E-state index is 9.84. The predicted octanol–water partition coefficient (Wildman–Crippen LogP) is 5.31. The van der Waals surface area contributed by atoms with E-state index < -0.39 is 0 Å². The van der Waals surface area contributed by atoms with Gasteiger partial charge in [0.2, 0.25) is 0 Å². The fourth-order valence-corrected chi connectivity index (χ4v) is 3.78. The number of benzene rings is 3. The average Bonchev–Trinajstić information content (AvgIpc) is 2.62. The molecule has 1 heterocycles. The third-order valence-electron chi connectivity index (χ3n) is 4.63. The van der Waals surface area contributed by atoms with Crippen molar-refractivity contribution in [3.05, 3.63) is 94.0 Å². The zero-order chi connectivity index (χ0) is 16.5. The van der Waals surface area contributed by atoms with Gasteiger partial charge in [0.05, 0.1) is 6.04 Å². The molecule has 0 fully saturated rings. The molecule has 3 heteroatoms. The number of halogens is 1. The molecule has 0 radical (unpaired) electrons. The van der Waals surface area contributed by atoms with E-state index in [1.807, 2.05) is 12.1 Å². The zero-order valence-corrected chi connectivity index (χ0v) is 14.8. The first-order chi connectivity index (χ1) is 11.7. The lowest BCUT2D eigenvalue weighted by Crippen LogP contribution is -2.36. The Morgan fingerprint density at radius 2 is 1.67 bits per heavy atom. The van der Waals surface area contributed by atoms with Crippen LogP contribution in [0.5, 0.6) is 5.75 Å². The first kappa shape index (κ1) is 15.3. The van der Waals surface area contributed by atoms with Crippen LogP contribution in [0.15, 0.2) is 77.3 Å². The molecule has 3 aromatic carbocycles. The molecule has 0 spiro atoms. The van der Waals surface area contributed by atoms with E-state index in [9.17, 15) is 5.11 Å². The number of phenols is 1. The minimum absolute atomic E-state index is 0.157. The molecule has 1 N–H and O–H groups in total. The van der Waals surface area contributed by atoms with E-state index in [2.05, 4.69) is 75.4 Å². The minimum Gasteiger partial charge on any atom is -0.508 e. The van der Waals surface area contributed by atoms with Crippen molar-refractivity contribution in [1.29, 1.82) is 0 Å². The van der Waals surface area contributed by atoms with E-state index in [0.717, 1.165) is 17.4 Å². The molecule has 0 saturated heterocycles. The quantitative estimate of drug-likeness (QED) is 0.652. The van der Waals surface area contributed by atoms with Crippen LogP contribution in [0.3, 0.4) is 0 Å². The molecule has 4 rings (SSSR count). The highest BCUT2D eigenvalue weighted by Gasteiger charge is 2.29. The van der Waals surface area contributed by atoms with Crippen molar-refractivity contribution in [3.63, 3.8) is 0 Å². The zero-order valence-electron chi connectivity index (χ0n) is 13.2. The van der Waals surface area contributed by atoms with Crippen LogP contribution in [0.4, 0.5) is 5.69 Å². The van der Waals surface area contributed by atoms with Crippen molar-refractivity contribution in [1.82, 2.24) is 0 Å². The molecule has 1 aliphatic rings. The molecule has 120 valence electrons. The number of hydrogen-bond donors (Lipinski definition) is 1. The molecule has 0 amide bonds. The monoisotopic (exact) mass is 379 g/mol. The molecule has 1 atom stereocenters. The molecule has 1 unspecified atom stereocenters. The Morgan fingerprint density at radius 1 is 0.917 bits per heavy atom. The number of aromatic hydroxyl groups is 1. The Morgan fingerprint density at radius 3 is 2.42 bits per heavy atom. The van der Waals surface area contributed by atoms with Crippen LogP contribution in [0.25, 0.3) is 0 Å². The third-order valence-corrected chi connectivity index (χ3v) is 5.16. The van der Waals surface area contributed by atoms with Crippen molar-refractivity contribution in [2.45, 2.75) is 12.5 Å². The normalized spacial score (nSPS) is 16.7. The summed E-state index contributed by atoms with van der Waals surface area (Å²) in [5, 5.41) is 9.84. The third kappa shape index (κ3) is 2.80. The minimum atomic E-state index is 0.157. The van der Waals surface area contributed by atoms with Gasteiger partial charge in [0, 0.05) is 16.7 Å². The Hall–Kier alpha value is -2.26. The van der Waals surface area contributed by atoms with Crippen LogP contribution in [-0.2, 0) is 6.42 Å². The van der Waals surface area contributed by atoms with E-state index >= 15 is 0 Å². The van der Waals surface area contributed by atoms with Gasteiger partial charge in [-0.1, -0.05) is 52.3 Å². The Kier molecular flexibility index (Phi) is 4.03. The summed E-state index contributed by atoms with van der Waals surface area (Å²) < 4.78 is 1.08. The van der Waals surface area contributed by atoms with Crippen LogP contribution >= 0.6 is 15.9 Å². The van der Waals surface area contributed by atoms with E-state index in [4.69, 9.17) is 0 Å². The number of phenolic OH excluding ortho intramolecular Hbond substituents is 1. The van der Waals surface area contributed by atoms with Crippen molar-refractivity contribution in [2.75, 3.05) is 11.4 Å². The highest BCUT2D eigenvalue weighted by atomic mass is 79.9. The Bertz CT molecular complexity index is 845. The summed E-state index contributed by atoms with van der Waals surface area (Å²) in [7, 11) is 0. The lowest BCUT2D eigenvalue weighted by atomic mass is 9.87. The van der Waals surface area contributed by atoms with E-state index in [-0.39, 0.29) is 6.04 Å². The summed E-state index contributed by atoms with van der Waals surface area (Å²) in [5.41, 5.74) is 4.98. The first-order valence-corrected chi connectivity index (χ1v) is 8.90. The maximum atomic E-state index is 9.84. The fourth-order valence-electron chi connectivity index (χ4n) is 3.52. The molecular weight excluding hydrogens is 362 g/mol. The van der Waals surface area contributed by atoms with Crippen LogP contribution in [0.1, 0.15) is 22.7 Å². The largest absolute Gasteiger partial charge is 0.508 e. The first-order valence-electron chi connectivity index (χ1n) is 8.11. The summed E-state index contributed by atoms with van der Waals surface area (Å²) >= 11 is 3.52. The number of hydrogen-bond acceptors (Lipinski definition) is 2. The maximum Gasteiger partial charge on any atom is 0.115 e. The molecule has 0 bridgehead atoms. The Balaban J connectivity index is 1.86. The highest BCUT2D eigenvalue weighted by molar-refractivity contribution is 9.10. The van der Waals surface area contributed by atoms with Crippen molar-refractivity contribution in [2.24, 2.45) is 0 Å². The van der Waals surface area contributed by atoms with Gasteiger partial charge in [-0.3, -0.25) is 0 Å². The smallest absolute Gasteiger partial charge is 0.115 e. The van der Waals surface area contributed by atoms with Gasteiger partial charge in [-0.15, -0.1) is 0 Å². The molecule has 0 aromatic heterocycles. The summed E-state index contributed by atoms with van der Waals surface area (Å²) in [5.74, 6) is 0.344. The van der Waals surface area contributed by atoms with Crippen LogP contribution < -0.4 is 4.90 Å². The molecule has 3 aromatic rings. The van der Waals surface area contributed by atoms with Crippen molar-refractivity contribution in [3.8, 4) is 5.75 Å². The molecule has 2 nitrogen and oxygen atoms in total. The van der Waals surface area contributed by atoms with Gasteiger partial charge < -0.3 is 10.0 Å². The van der Waals surface area contributed by atoms with Gasteiger partial charge in [-0.2, -0.15) is 0 Å². The average molecular weight is 380 g/mol. The number of rotatable bonds is 2. The highest BCUT2D eigenvalue weighted by Crippen LogP contribution is 2.39. The molecule has 1 aliphatic heterocycles. The lowest BCUT2D eigenvalue weighted by molar-refractivity contribution is 0.473. The number of anilines is 1. The molecule has 0 aliphatic carbocycles. The second-order valence-corrected chi connectivity index (χ2v) is 7.03. The lowest BCUT2D eigenvalue weighted by Gasteiger charge is -2.39. The van der Waals surface area contributed by atoms with Gasteiger partial charge in [-0.25, -0.2) is 0 Å². The summed E-state index contributed by atoms with van der Waals surface area (Å²) in [6.45, 7) is 0.932. The number of nitrogens with zero attached hydrogens (tertiary/aromatic N) is 1. The van der Waals surface area contributed by atoms with Crippen LogP contribution in [0, 0.1) is 0 Å². The Labute approximate surface area is 150 Å². The van der Waals surface area contributed by atoms with Crippen molar-refractivity contribution < 1.29 is 5.11 Å². The van der Waals surface area contributed by atoms with Gasteiger partial charge >= 0.3 is 0 Å². The summed E-state index contributed by atoms with van der Waals surface area (Å²) in [4.78, 5) is 2.45. The summed E-state index contributed by atoms with van der Waals surface area (Å²) in [6.07, 6.45) is 0.936. The predicted molar refractivity (Wildman–Crippen MR) is 102 cm³/mol. The van der Waals surface area contributed by atoms with Crippen LogP contribution in [0.2, 0.25) is 0 Å². The van der Waals surface area contributed by atoms with Crippen molar-refractivity contribution >= 4 is 21.6 Å². The van der Waals surface area contributed by atoms with E-state index in [1.165, 1.54) is 22.4 Å². The van der Waals surface area contributed by atoms with Gasteiger partial charge in [-0.05, 0) is 59.5 Å². The second kappa shape index (κ2) is 6.33. The second-order valence-electron chi connectivity index (χ2n) is 6.12. The number of fused-ring (bicyclic) bond motifs is 1. The SMILES string of the molecule is Oc1ccc2c(c1)CCN(c1ccccc1)C2c1ccc(Br)cc1. The number of para-hydroxylation sites is 1. The van der Waals surface area contributed by atoms with E-state index in [1.54, 1.807) is 6.07 Å². The summed E-state index contributed by atoms with van der Waals surface area (Å²) in [6, 6.07) is 25.0. The molecule has 24 heavy (non-hydrogen) atoms. The standard InChI is InChI=1S/C21H18BrNO/c22-17-8-6-15(7-9-17)21-20-11-10-19(24)14-16(20)12-13-23(21)18-4-2-1-3-5-18/h1-11,14,21,24H,12-13H2. The van der Waals surface area contributed by atoms with Crippen LogP contribution in [-0.4, -0.2) is 11.7 Å². The molecular formula is C21H18BrNO. The van der Waals surface area contributed by atoms with Gasteiger partial charge in [0.25, 0.3) is 0 Å². The topological polar surface area (TPSA) is 23.5 Å². The van der Waals surface area contributed by atoms with Gasteiger partial charge in [0.15, 0.2) is 0 Å². The van der Waals surface area contributed by atoms with Gasteiger partial charge in [0.1, 0.15) is 5.75 Å². The van der Waals surface area contributed by atoms with E-state index in [0.29, 0.717) is 5.75 Å².